The van der Waals surface area contributed by atoms with Crippen LogP contribution in [-0.2, 0) is 13.8 Å². The number of nitrogens with two attached hydrogens (primary N) is 1. The van der Waals surface area contributed by atoms with Gasteiger partial charge in [-0.2, -0.15) is 4.98 Å². The molecule has 1 aromatic heterocycles. The number of phosphoric acid groups is 1. The first-order chi connectivity index (χ1) is 10.1. The summed E-state index contributed by atoms with van der Waals surface area (Å²) < 4.78 is 21.5. The van der Waals surface area contributed by atoms with Crippen molar-refractivity contribution in [3.05, 3.63) is 22.2 Å². The molecular weight excluding hydrogens is 321 g/mol. The molecule has 1 aliphatic rings. The van der Waals surface area contributed by atoms with Crippen LogP contribution in [0.3, 0.4) is 0 Å². The Morgan fingerprint density at radius 2 is 2.18 bits per heavy atom. The molecule has 0 aromatic carbocycles. The summed E-state index contributed by atoms with van der Waals surface area (Å²) in [6.45, 7) is 0.904. The summed E-state index contributed by atoms with van der Waals surface area (Å²) in [4.78, 5) is 33.1. The van der Waals surface area contributed by atoms with Crippen molar-refractivity contribution in [1.82, 2.24) is 9.55 Å². The Hall–Kier alpha value is -1.33. The van der Waals surface area contributed by atoms with Gasteiger partial charge in [0.15, 0.2) is 6.23 Å². The maximum Gasteiger partial charge on any atom is 0.470 e. The van der Waals surface area contributed by atoms with Crippen molar-refractivity contribution < 1.29 is 33.8 Å². The summed E-state index contributed by atoms with van der Waals surface area (Å²) in [5.74, 6) is 0.00969. The van der Waals surface area contributed by atoms with Crippen LogP contribution in [-0.4, -0.2) is 54.5 Å². The number of aromatic nitrogens is 2. The van der Waals surface area contributed by atoms with E-state index in [4.69, 9.17) is 20.3 Å². The summed E-state index contributed by atoms with van der Waals surface area (Å²) in [6, 6.07) is 0. The molecule has 0 amide bonds. The quantitative estimate of drug-likeness (QED) is 0.381. The lowest BCUT2D eigenvalue weighted by atomic mass is 10.1. The number of hydrogen-bond donors (Lipinski definition) is 5. The molecule has 1 fully saturated rings. The molecule has 124 valence electrons. The van der Waals surface area contributed by atoms with Gasteiger partial charge in [-0.1, -0.05) is 0 Å². The maximum atomic E-state index is 11.8. The zero-order chi connectivity index (χ0) is 16.7. The normalized spacial score (nSPS) is 29.0. The van der Waals surface area contributed by atoms with Gasteiger partial charge in [-0.05, 0) is 6.92 Å². The summed E-state index contributed by atoms with van der Waals surface area (Å²) in [5.41, 5.74) is 5.11. The third-order valence-electron chi connectivity index (χ3n) is 3.20. The van der Waals surface area contributed by atoms with E-state index in [2.05, 4.69) is 9.51 Å². The molecule has 1 aliphatic heterocycles. The van der Waals surface area contributed by atoms with E-state index in [1.807, 2.05) is 0 Å². The van der Waals surface area contributed by atoms with Crippen molar-refractivity contribution in [1.29, 1.82) is 0 Å². The fourth-order valence-corrected chi connectivity index (χ4v) is 2.72. The van der Waals surface area contributed by atoms with Gasteiger partial charge in [0.1, 0.15) is 24.1 Å². The predicted octanol–water partition coefficient (Wildman–Crippen LogP) is -2.14. The molecule has 0 aliphatic carbocycles. The minimum absolute atomic E-state index is 0.00969. The van der Waals surface area contributed by atoms with Crippen LogP contribution in [0.2, 0.25) is 0 Å². The van der Waals surface area contributed by atoms with Gasteiger partial charge in [-0.25, -0.2) is 9.36 Å². The van der Waals surface area contributed by atoms with Crippen LogP contribution in [0.25, 0.3) is 0 Å². The SMILES string of the molecule is Cc1cn([C@@H]2O[C@H](CO)[C@@H](OP(=O)(O)O)[C@H]2O)c(=O)nc1N. The summed E-state index contributed by atoms with van der Waals surface area (Å²) in [6.07, 6.45) is -4.38. The largest absolute Gasteiger partial charge is 0.470 e. The van der Waals surface area contributed by atoms with Crippen molar-refractivity contribution in [2.45, 2.75) is 31.5 Å². The van der Waals surface area contributed by atoms with Gasteiger partial charge >= 0.3 is 13.5 Å². The molecule has 22 heavy (non-hydrogen) atoms. The molecule has 0 saturated carbocycles. The van der Waals surface area contributed by atoms with E-state index in [1.54, 1.807) is 6.92 Å². The fraction of sp³-hybridized carbons (Fsp3) is 0.600. The van der Waals surface area contributed by atoms with Crippen molar-refractivity contribution in [3.8, 4) is 0 Å². The van der Waals surface area contributed by atoms with E-state index in [-0.39, 0.29) is 5.82 Å². The molecule has 12 heteroatoms. The highest BCUT2D eigenvalue weighted by Crippen LogP contribution is 2.43. The Morgan fingerprint density at radius 1 is 1.55 bits per heavy atom. The highest BCUT2D eigenvalue weighted by molar-refractivity contribution is 7.46. The maximum absolute atomic E-state index is 11.8. The standard InChI is InChI=1S/C10H16N3O8P/c1-4-2-13(10(16)12-8(4)11)9-6(15)7(5(3-14)20-9)21-22(17,18)19/h2,5-7,9,14-15H,3H2,1H3,(H2,11,12,16)(H2,17,18,19)/t5-,6-,7-,9-/m1/s1. The van der Waals surface area contributed by atoms with Gasteiger partial charge in [0.2, 0.25) is 0 Å². The van der Waals surface area contributed by atoms with Gasteiger partial charge in [-0.15, -0.1) is 0 Å². The second-order valence-electron chi connectivity index (χ2n) is 4.80. The molecule has 4 atom stereocenters. The van der Waals surface area contributed by atoms with Gasteiger partial charge in [0, 0.05) is 11.8 Å². The van der Waals surface area contributed by atoms with Crippen LogP contribution in [0.4, 0.5) is 5.82 Å². The molecule has 11 nitrogen and oxygen atoms in total. The Labute approximate surface area is 124 Å². The highest BCUT2D eigenvalue weighted by atomic mass is 31.2. The van der Waals surface area contributed by atoms with Gasteiger partial charge in [0.25, 0.3) is 0 Å². The van der Waals surface area contributed by atoms with E-state index in [0.29, 0.717) is 5.56 Å². The van der Waals surface area contributed by atoms with Crippen molar-refractivity contribution in [3.63, 3.8) is 0 Å². The number of nitrogens with zero attached hydrogens (tertiary/aromatic N) is 2. The first-order valence-electron chi connectivity index (χ1n) is 6.17. The highest BCUT2D eigenvalue weighted by Gasteiger charge is 2.48. The van der Waals surface area contributed by atoms with Crippen LogP contribution < -0.4 is 11.4 Å². The smallest absolute Gasteiger partial charge is 0.394 e. The minimum Gasteiger partial charge on any atom is -0.394 e. The summed E-state index contributed by atoms with van der Waals surface area (Å²) in [7, 11) is -4.92. The number of aliphatic hydroxyl groups excluding tert-OH is 2. The van der Waals surface area contributed by atoms with Crippen LogP contribution in [0.1, 0.15) is 11.8 Å². The molecule has 2 rings (SSSR count). The first kappa shape index (κ1) is 17.0. The summed E-state index contributed by atoms with van der Waals surface area (Å²) in [5, 5.41) is 19.3. The number of phosphoric ester groups is 1. The second kappa shape index (κ2) is 6.05. The van der Waals surface area contributed by atoms with E-state index in [9.17, 15) is 19.6 Å². The minimum atomic E-state index is -4.92. The van der Waals surface area contributed by atoms with Crippen molar-refractivity contribution in [2.75, 3.05) is 12.3 Å². The number of aliphatic hydroxyl groups is 2. The average molecular weight is 337 g/mol. The van der Waals surface area contributed by atoms with Gasteiger partial charge in [-0.3, -0.25) is 9.09 Å². The predicted molar refractivity (Wildman–Crippen MR) is 71.6 cm³/mol. The average Bonchev–Trinajstić information content (AvgIpc) is 2.69. The number of nitrogen functional groups attached to an aromatic ring is 1. The lowest BCUT2D eigenvalue weighted by Crippen LogP contribution is -2.37. The Bertz CT molecular complexity index is 658. The van der Waals surface area contributed by atoms with Crippen molar-refractivity contribution >= 4 is 13.6 Å². The molecule has 1 aromatic rings. The molecule has 0 bridgehead atoms. The van der Waals surface area contributed by atoms with Gasteiger partial charge in [0.05, 0.1) is 6.61 Å². The van der Waals surface area contributed by atoms with Crippen LogP contribution >= 0.6 is 7.82 Å². The zero-order valence-electron chi connectivity index (χ0n) is 11.4. The third kappa shape index (κ3) is 3.36. The summed E-state index contributed by atoms with van der Waals surface area (Å²) >= 11 is 0. The molecule has 0 radical (unpaired) electrons. The number of aryl methyl sites for hydroxylation is 1. The topological polar surface area (TPSA) is 177 Å². The van der Waals surface area contributed by atoms with Crippen molar-refractivity contribution in [2.24, 2.45) is 0 Å². The monoisotopic (exact) mass is 337 g/mol. The fourth-order valence-electron chi connectivity index (χ4n) is 2.15. The zero-order valence-corrected chi connectivity index (χ0v) is 12.3. The Morgan fingerprint density at radius 3 is 2.73 bits per heavy atom. The number of hydrogen-bond acceptors (Lipinski definition) is 8. The number of rotatable bonds is 4. The molecule has 0 unspecified atom stereocenters. The number of ether oxygens (including phenoxy) is 1. The van der Waals surface area contributed by atoms with E-state index in [1.165, 1.54) is 6.20 Å². The third-order valence-corrected chi connectivity index (χ3v) is 3.71. The lowest BCUT2D eigenvalue weighted by molar-refractivity contribution is -0.0548. The first-order valence-corrected chi connectivity index (χ1v) is 7.70. The molecule has 0 spiro atoms. The Kier molecular flexibility index (Phi) is 4.68. The number of anilines is 1. The lowest BCUT2D eigenvalue weighted by Gasteiger charge is -2.20. The molecule has 1 saturated heterocycles. The van der Waals surface area contributed by atoms with Crippen LogP contribution in [0.5, 0.6) is 0 Å². The van der Waals surface area contributed by atoms with E-state index < -0.39 is 44.7 Å². The van der Waals surface area contributed by atoms with Crippen LogP contribution in [0.15, 0.2) is 11.0 Å². The van der Waals surface area contributed by atoms with E-state index in [0.717, 1.165) is 4.57 Å². The van der Waals surface area contributed by atoms with Gasteiger partial charge < -0.3 is 30.5 Å². The van der Waals surface area contributed by atoms with Crippen LogP contribution in [0, 0.1) is 6.92 Å². The molecular formula is C10H16N3O8P. The Balaban J connectivity index is 2.36. The second-order valence-corrected chi connectivity index (χ2v) is 5.99. The molecule has 6 N–H and O–H groups in total. The van der Waals surface area contributed by atoms with E-state index >= 15 is 0 Å². The molecule has 2 heterocycles.